The van der Waals surface area contributed by atoms with Crippen molar-refractivity contribution in [2.45, 2.75) is 40.0 Å². The van der Waals surface area contributed by atoms with Crippen LogP contribution in [-0.4, -0.2) is 30.8 Å². The first kappa shape index (κ1) is 18.4. The summed E-state index contributed by atoms with van der Waals surface area (Å²) in [4.78, 5) is 17.6. The van der Waals surface area contributed by atoms with E-state index >= 15 is 0 Å². The molecular formula is C18H27NO3. The topological polar surface area (TPSA) is 58.9 Å². The van der Waals surface area contributed by atoms with Gasteiger partial charge < -0.3 is 9.94 Å². The number of aliphatic hydroxyl groups excluding tert-OH is 1. The van der Waals surface area contributed by atoms with Crippen molar-refractivity contribution in [2.75, 3.05) is 14.2 Å². The number of ketones is 1. The molecule has 0 bridgehead atoms. The molecule has 0 aliphatic heterocycles. The maximum Gasteiger partial charge on any atom is 0.187 e. The van der Waals surface area contributed by atoms with Crippen molar-refractivity contribution in [1.29, 1.82) is 0 Å². The molecule has 4 heteroatoms. The zero-order valence-electron chi connectivity index (χ0n) is 14.6. The first-order valence-corrected chi connectivity index (χ1v) is 7.38. The molecule has 0 radical (unpaired) electrons. The summed E-state index contributed by atoms with van der Waals surface area (Å²) in [6, 6.07) is 10.2. The van der Waals surface area contributed by atoms with Crippen LogP contribution in [0, 0.1) is 10.8 Å². The Morgan fingerprint density at radius 1 is 1.09 bits per heavy atom. The lowest BCUT2D eigenvalue weighted by Crippen LogP contribution is -2.28. The minimum atomic E-state index is -0.465. The highest BCUT2D eigenvalue weighted by molar-refractivity contribution is 6.42. The molecule has 0 saturated heterocycles. The van der Waals surface area contributed by atoms with Crippen LogP contribution in [0.25, 0.3) is 0 Å². The van der Waals surface area contributed by atoms with Gasteiger partial charge in [-0.2, -0.15) is 0 Å². The molecular weight excluding hydrogens is 278 g/mol. The van der Waals surface area contributed by atoms with Crippen LogP contribution in [0.1, 0.15) is 40.2 Å². The summed E-state index contributed by atoms with van der Waals surface area (Å²) in [5.74, 6) is 0.0655. The Labute approximate surface area is 133 Å². The molecule has 0 spiro atoms. The molecule has 1 aromatic carbocycles. The van der Waals surface area contributed by atoms with E-state index in [1.807, 2.05) is 25.1 Å². The van der Waals surface area contributed by atoms with E-state index in [0.29, 0.717) is 5.71 Å². The van der Waals surface area contributed by atoms with Gasteiger partial charge in [-0.15, -0.1) is 0 Å². The predicted molar refractivity (Wildman–Crippen MR) is 88.9 cm³/mol. The minimum absolute atomic E-state index is 0.0655. The van der Waals surface area contributed by atoms with Crippen molar-refractivity contribution in [3.05, 3.63) is 35.9 Å². The second-order valence-electron chi connectivity index (χ2n) is 6.43. The quantitative estimate of drug-likeness (QED) is 0.686. The molecule has 2 unspecified atom stereocenters. The van der Waals surface area contributed by atoms with Gasteiger partial charge in [0.05, 0.1) is 0 Å². The first-order chi connectivity index (χ1) is 10.2. The molecule has 2 atom stereocenters. The predicted octanol–water partition coefficient (Wildman–Crippen LogP) is 3.19. The summed E-state index contributed by atoms with van der Waals surface area (Å²) in [5, 5.41) is 10.8. The Kier molecular flexibility index (Phi) is 5.18. The molecule has 4 nitrogen and oxygen atoms in total. The summed E-state index contributed by atoms with van der Waals surface area (Å²) >= 11 is 0. The minimum Gasteiger partial charge on any atom is -0.400 e. The van der Waals surface area contributed by atoms with Gasteiger partial charge in [-0.05, 0) is 17.9 Å². The molecule has 1 saturated carbocycles. The molecule has 1 N–H and O–H groups in total. The van der Waals surface area contributed by atoms with Gasteiger partial charge in [0.2, 0.25) is 0 Å². The van der Waals surface area contributed by atoms with Gasteiger partial charge >= 0.3 is 0 Å². The van der Waals surface area contributed by atoms with Gasteiger partial charge in [-0.1, -0.05) is 63.2 Å². The van der Waals surface area contributed by atoms with Crippen LogP contribution in [0.5, 0.6) is 0 Å². The van der Waals surface area contributed by atoms with Crippen LogP contribution < -0.4 is 0 Å². The lowest BCUT2D eigenvalue weighted by Gasteiger charge is -2.17. The van der Waals surface area contributed by atoms with Crippen molar-refractivity contribution >= 4 is 11.5 Å². The van der Waals surface area contributed by atoms with E-state index in [9.17, 15) is 4.79 Å². The number of nitrogens with zero attached hydrogens (tertiary/aromatic N) is 1. The van der Waals surface area contributed by atoms with E-state index in [-0.39, 0.29) is 16.6 Å². The number of rotatable bonds is 4. The van der Waals surface area contributed by atoms with E-state index in [2.05, 4.69) is 38.1 Å². The second kappa shape index (κ2) is 6.21. The lowest BCUT2D eigenvalue weighted by molar-refractivity contribution is -0.118. The highest BCUT2D eigenvalue weighted by Crippen LogP contribution is 2.78. The number of aliphatic hydroxyl groups is 1. The average molecular weight is 305 g/mol. The van der Waals surface area contributed by atoms with Crippen molar-refractivity contribution in [1.82, 2.24) is 0 Å². The van der Waals surface area contributed by atoms with E-state index in [1.165, 1.54) is 12.7 Å². The SMILES string of the molecule is CO.CO/N=C(/C)C(=O)C1(C)C(C)(C)C1(C)c1ccccc1. The fourth-order valence-electron chi connectivity index (χ4n) is 3.82. The molecule has 1 aromatic rings. The third-order valence-electron chi connectivity index (χ3n) is 5.80. The zero-order valence-corrected chi connectivity index (χ0v) is 14.6. The largest absolute Gasteiger partial charge is 0.400 e. The molecule has 0 amide bonds. The van der Waals surface area contributed by atoms with Gasteiger partial charge in [0.25, 0.3) is 0 Å². The van der Waals surface area contributed by atoms with Crippen LogP contribution in [0.4, 0.5) is 0 Å². The molecule has 1 aliphatic rings. The monoisotopic (exact) mass is 305 g/mol. The van der Waals surface area contributed by atoms with Crippen LogP contribution in [0.2, 0.25) is 0 Å². The number of hydrogen-bond acceptors (Lipinski definition) is 4. The van der Waals surface area contributed by atoms with Gasteiger partial charge in [0.1, 0.15) is 12.8 Å². The maximum absolute atomic E-state index is 12.8. The summed E-state index contributed by atoms with van der Waals surface area (Å²) in [6.07, 6.45) is 0. The average Bonchev–Trinajstić information content (AvgIpc) is 2.90. The van der Waals surface area contributed by atoms with Gasteiger partial charge in [-0.25, -0.2) is 0 Å². The zero-order chi connectivity index (χ0) is 17.2. The third-order valence-corrected chi connectivity index (χ3v) is 5.80. The molecule has 0 heterocycles. The Balaban J connectivity index is 0.00000116. The van der Waals surface area contributed by atoms with Crippen molar-refractivity contribution < 1.29 is 14.7 Å². The van der Waals surface area contributed by atoms with Crippen molar-refractivity contribution in [3.63, 3.8) is 0 Å². The Hall–Kier alpha value is -1.68. The normalized spacial score (nSPS) is 29.2. The molecule has 22 heavy (non-hydrogen) atoms. The maximum atomic E-state index is 12.8. The van der Waals surface area contributed by atoms with Crippen LogP contribution in [0.15, 0.2) is 35.5 Å². The third kappa shape index (κ3) is 2.17. The Bertz CT molecular complexity index is 565. The molecule has 122 valence electrons. The number of oxime groups is 1. The number of hydrogen-bond donors (Lipinski definition) is 1. The fourth-order valence-corrected chi connectivity index (χ4v) is 3.82. The van der Waals surface area contributed by atoms with Crippen LogP contribution in [-0.2, 0) is 15.0 Å². The standard InChI is InChI=1S/C17H23NO2.CH4O/c1-12(18-20-6)14(19)17(5)15(2,3)16(17,4)13-10-8-7-9-11-13;1-2/h7-11H,1-6H3;2H,1H3/b18-12-;. The summed E-state index contributed by atoms with van der Waals surface area (Å²) in [7, 11) is 2.47. The lowest BCUT2D eigenvalue weighted by atomic mass is 9.85. The summed E-state index contributed by atoms with van der Waals surface area (Å²) < 4.78 is 0. The summed E-state index contributed by atoms with van der Waals surface area (Å²) in [5.41, 5.74) is 0.855. The van der Waals surface area contributed by atoms with E-state index in [4.69, 9.17) is 9.94 Å². The highest BCUT2D eigenvalue weighted by Gasteiger charge is 2.80. The molecule has 1 fully saturated rings. The Morgan fingerprint density at radius 3 is 2.05 bits per heavy atom. The first-order valence-electron chi connectivity index (χ1n) is 7.38. The Morgan fingerprint density at radius 2 is 1.59 bits per heavy atom. The molecule has 2 rings (SSSR count). The number of benzene rings is 1. The van der Waals surface area contributed by atoms with Gasteiger partial charge in [-0.3, -0.25) is 4.79 Å². The number of carbonyl (C=O) groups excluding carboxylic acids is 1. The molecule has 0 aromatic heterocycles. The fraction of sp³-hybridized carbons (Fsp3) is 0.556. The van der Waals surface area contributed by atoms with Gasteiger partial charge in [0, 0.05) is 17.9 Å². The van der Waals surface area contributed by atoms with E-state index < -0.39 is 5.41 Å². The number of Topliss-reactive ketones (excluding diaryl/α,β-unsaturated/α-hetero) is 1. The second-order valence-corrected chi connectivity index (χ2v) is 6.43. The van der Waals surface area contributed by atoms with Crippen molar-refractivity contribution in [2.24, 2.45) is 16.0 Å². The summed E-state index contributed by atoms with van der Waals surface area (Å²) in [6.45, 7) is 10.2. The highest BCUT2D eigenvalue weighted by atomic mass is 16.6. The van der Waals surface area contributed by atoms with Crippen LogP contribution in [0.3, 0.4) is 0 Å². The van der Waals surface area contributed by atoms with E-state index in [1.54, 1.807) is 6.92 Å². The smallest absolute Gasteiger partial charge is 0.187 e. The van der Waals surface area contributed by atoms with Gasteiger partial charge in [0.15, 0.2) is 5.78 Å². The van der Waals surface area contributed by atoms with Crippen LogP contribution >= 0.6 is 0 Å². The van der Waals surface area contributed by atoms with E-state index in [0.717, 1.165) is 7.11 Å². The van der Waals surface area contributed by atoms with Crippen molar-refractivity contribution in [3.8, 4) is 0 Å². The molecule has 1 aliphatic carbocycles. The number of carbonyl (C=O) groups is 1.